The van der Waals surface area contributed by atoms with E-state index < -0.39 is 11.5 Å². The maximum absolute atomic E-state index is 12.8. The Bertz CT molecular complexity index is 846. The van der Waals surface area contributed by atoms with Crippen molar-refractivity contribution in [3.05, 3.63) is 22.1 Å². The van der Waals surface area contributed by atoms with Gasteiger partial charge in [0.15, 0.2) is 0 Å². The summed E-state index contributed by atoms with van der Waals surface area (Å²) in [4.78, 5) is 27.7. The number of nitrogens with one attached hydrogen (secondary N) is 2. The number of hydrogen-bond donors (Lipinski definition) is 3. The Hall–Kier alpha value is -0.714. The van der Waals surface area contributed by atoms with Gasteiger partial charge in [0.2, 0.25) is 0 Å². The predicted octanol–water partition coefficient (Wildman–Crippen LogP) is -1.27. The number of H-pyrrole nitrogens is 1. The monoisotopic (exact) mass is 401 g/mol. The van der Waals surface area contributed by atoms with Crippen LogP contribution in [0.15, 0.2) is 11.0 Å². The van der Waals surface area contributed by atoms with Crippen LogP contribution in [-0.2, 0) is 0 Å². The van der Waals surface area contributed by atoms with E-state index >= 15 is 0 Å². The van der Waals surface area contributed by atoms with Gasteiger partial charge in [-0.25, -0.2) is 0 Å². The average Bonchev–Trinajstić information content (AvgIpc) is 3.09. The molecule has 1 fully saturated rings. The molecule has 1 saturated heterocycles. The van der Waals surface area contributed by atoms with Crippen molar-refractivity contribution in [1.29, 1.82) is 0 Å². The summed E-state index contributed by atoms with van der Waals surface area (Å²) in [6.45, 7) is 7.33. The minimum Gasteiger partial charge on any atom is -1.00 e. The van der Waals surface area contributed by atoms with Gasteiger partial charge in [0.1, 0.15) is 17.0 Å². The Morgan fingerprint density at radius 1 is 1.37 bits per heavy atom. The van der Waals surface area contributed by atoms with Gasteiger partial charge in [0, 0.05) is 12.6 Å². The molecule has 1 amide bonds. The second kappa shape index (κ2) is 10.2. The fraction of sp³-hybridized carbons (Fsp3) is 0.611. The van der Waals surface area contributed by atoms with Crippen LogP contribution in [0.4, 0.5) is 0 Å². The predicted molar refractivity (Wildman–Crippen MR) is 101 cm³/mol. The number of piperidine rings is 1. The van der Waals surface area contributed by atoms with Crippen LogP contribution in [-0.4, -0.2) is 56.9 Å². The maximum Gasteiger partial charge on any atom is 1.00 e. The van der Waals surface area contributed by atoms with Crippen molar-refractivity contribution >= 4 is 16.9 Å². The standard InChI is InChI=1S/C18H27N5O3.K.H/c1-12(2)23-16-13(11-20-21-16)15(24)14(18(23)26)17(25)19-7-6-10-22-8-4-3-5-9-22;;/h11-12,24H,3-10H2,1-2H3,(H,19,25)(H,20,21);;/q;+1;-1. The van der Waals surface area contributed by atoms with Gasteiger partial charge < -0.3 is 16.7 Å². The minimum atomic E-state index is -0.538. The number of fused-ring (bicyclic) bond motifs is 1. The smallest absolute Gasteiger partial charge is 1.00 e. The van der Waals surface area contributed by atoms with E-state index in [0.717, 1.165) is 26.1 Å². The molecule has 1 aliphatic rings. The summed E-state index contributed by atoms with van der Waals surface area (Å²) in [6, 6.07) is -0.170. The fourth-order valence-corrected chi connectivity index (χ4v) is 3.57. The second-order valence-electron chi connectivity index (χ2n) is 7.14. The van der Waals surface area contributed by atoms with Crippen molar-refractivity contribution in [2.45, 2.75) is 45.6 Å². The zero-order chi connectivity index (χ0) is 18.7. The largest absolute Gasteiger partial charge is 1.00 e. The molecule has 2 aromatic heterocycles. The van der Waals surface area contributed by atoms with Gasteiger partial charge >= 0.3 is 51.4 Å². The number of rotatable bonds is 6. The number of likely N-dealkylation sites (tertiary alicyclic amines) is 1. The number of aromatic amines is 1. The molecule has 3 rings (SSSR count). The third-order valence-corrected chi connectivity index (χ3v) is 4.91. The normalized spacial score (nSPS) is 15.1. The molecule has 8 nitrogen and oxygen atoms in total. The first-order valence-electron chi connectivity index (χ1n) is 9.31. The number of carbonyl (C=O) groups excluding carboxylic acids is 1. The molecule has 0 radical (unpaired) electrons. The van der Waals surface area contributed by atoms with E-state index in [9.17, 15) is 14.7 Å². The van der Waals surface area contributed by atoms with Crippen LogP contribution in [0.5, 0.6) is 5.75 Å². The van der Waals surface area contributed by atoms with Gasteiger partial charge in [-0.2, -0.15) is 5.10 Å². The number of nitrogens with zero attached hydrogens (tertiary/aromatic N) is 3. The van der Waals surface area contributed by atoms with Crippen LogP contribution in [0, 0.1) is 0 Å². The number of aromatic hydroxyl groups is 1. The number of hydrogen-bond acceptors (Lipinski definition) is 5. The topological polar surface area (TPSA) is 103 Å². The van der Waals surface area contributed by atoms with Crippen LogP contribution in [0.25, 0.3) is 11.0 Å². The van der Waals surface area contributed by atoms with Crippen LogP contribution >= 0.6 is 0 Å². The van der Waals surface area contributed by atoms with Crippen molar-refractivity contribution in [2.24, 2.45) is 0 Å². The molecule has 0 aromatic carbocycles. The summed E-state index contributed by atoms with van der Waals surface area (Å²) in [7, 11) is 0. The van der Waals surface area contributed by atoms with Gasteiger partial charge in [-0.1, -0.05) is 6.42 Å². The number of amides is 1. The summed E-state index contributed by atoms with van der Waals surface area (Å²) in [5.74, 6) is -0.854. The Morgan fingerprint density at radius 3 is 2.74 bits per heavy atom. The number of carbonyl (C=O) groups is 1. The molecule has 144 valence electrons. The van der Waals surface area contributed by atoms with Crippen LogP contribution in [0.3, 0.4) is 0 Å². The van der Waals surface area contributed by atoms with Crippen molar-refractivity contribution in [1.82, 2.24) is 25.0 Å². The second-order valence-corrected chi connectivity index (χ2v) is 7.14. The Balaban J connectivity index is 0.00000196. The molecule has 2 aromatic rings. The average molecular weight is 402 g/mol. The molecular weight excluding hydrogens is 373 g/mol. The maximum atomic E-state index is 12.8. The quantitative estimate of drug-likeness (QED) is 0.414. The first-order chi connectivity index (χ1) is 12.5. The van der Waals surface area contributed by atoms with E-state index in [4.69, 9.17) is 0 Å². The summed E-state index contributed by atoms with van der Waals surface area (Å²) in [5, 5.41) is 20.2. The number of aromatic nitrogens is 3. The molecule has 0 unspecified atom stereocenters. The van der Waals surface area contributed by atoms with Crippen molar-refractivity contribution in [3.8, 4) is 5.75 Å². The SMILES string of the molecule is CC(C)n1c(=O)c(C(=O)NCCCN2CCCCC2)c(O)c2cn[nH]c21.[H-].[K+]. The molecule has 0 bridgehead atoms. The van der Waals surface area contributed by atoms with Crippen molar-refractivity contribution in [2.75, 3.05) is 26.2 Å². The van der Waals surface area contributed by atoms with Crippen molar-refractivity contribution < 1.29 is 62.7 Å². The molecule has 0 aliphatic carbocycles. The minimum absolute atomic E-state index is 0. The molecule has 9 heteroatoms. The fourth-order valence-electron chi connectivity index (χ4n) is 3.57. The van der Waals surface area contributed by atoms with Gasteiger partial charge in [-0.05, 0) is 52.7 Å². The van der Waals surface area contributed by atoms with Gasteiger partial charge in [-0.15, -0.1) is 0 Å². The van der Waals surface area contributed by atoms with E-state index in [2.05, 4.69) is 20.4 Å². The molecule has 0 spiro atoms. The molecule has 27 heavy (non-hydrogen) atoms. The van der Waals surface area contributed by atoms with Gasteiger partial charge in [0.05, 0.1) is 11.6 Å². The van der Waals surface area contributed by atoms with E-state index in [-0.39, 0.29) is 70.2 Å². The summed E-state index contributed by atoms with van der Waals surface area (Å²) in [5.41, 5.74) is -0.308. The Labute approximate surface area is 202 Å². The Kier molecular flexibility index (Phi) is 8.51. The van der Waals surface area contributed by atoms with Gasteiger partial charge in [0.25, 0.3) is 11.5 Å². The van der Waals surface area contributed by atoms with Crippen LogP contribution in [0.1, 0.15) is 57.4 Å². The summed E-state index contributed by atoms with van der Waals surface area (Å²) >= 11 is 0. The molecule has 0 atom stereocenters. The van der Waals surface area contributed by atoms with E-state index in [1.807, 2.05) is 13.8 Å². The molecular formula is C18H28KN5O3. The zero-order valence-electron chi connectivity index (χ0n) is 17.4. The third-order valence-electron chi connectivity index (χ3n) is 4.91. The van der Waals surface area contributed by atoms with Crippen LogP contribution < -0.4 is 62.3 Å². The van der Waals surface area contributed by atoms with Crippen LogP contribution in [0.2, 0.25) is 0 Å². The summed E-state index contributed by atoms with van der Waals surface area (Å²) in [6.07, 6.45) is 6.01. The van der Waals surface area contributed by atoms with E-state index in [1.165, 1.54) is 30.0 Å². The molecule has 3 heterocycles. The molecule has 0 saturated carbocycles. The zero-order valence-corrected chi connectivity index (χ0v) is 19.5. The molecule has 1 aliphatic heterocycles. The third kappa shape index (κ3) is 5.02. The summed E-state index contributed by atoms with van der Waals surface area (Å²) < 4.78 is 1.45. The Morgan fingerprint density at radius 2 is 2.07 bits per heavy atom. The van der Waals surface area contributed by atoms with Crippen molar-refractivity contribution in [3.63, 3.8) is 0 Å². The molecule has 3 N–H and O–H groups in total. The number of pyridine rings is 1. The first-order valence-corrected chi connectivity index (χ1v) is 9.31. The van der Waals surface area contributed by atoms with E-state index in [1.54, 1.807) is 0 Å². The van der Waals surface area contributed by atoms with Gasteiger partial charge in [-0.3, -0.25) is 19.3 Å². The first kappa shape index (κ1) is 22.6. The van der Waals surface area contributed by atoms with E-state index in [0.29, 0.717) is 17.6 Å².